The highest BCUT2D eigenvalue weighted by atomic mass is 16.6. The smallest absolute Gasteiger partial charge is 0.273 e. The summed E-state index contributed by atoms with van der Waals surface area (Å²) >= 11 is 0. The number of aromatic nitrogens is 1. The molecule has 1 aromatic carbocycles. The van der Waals surface area contributed by atoms with Crippen molar-refractivity contribution in [3.05, 3.63) is 46.2 Å². The number of oxazole rings is 1. The van der Waals surface area contributed by atoms with Crippen molar-refractivity contribution < 1.29 is 9.34 Å². The van der Waals surface area contributed by atoms with Gasteiger partial charge in [-0.05, 0) is 19.4 Å². The van der Waals surface area contributed by atoms with Gasteiger partial charge in [-0.3, -0.25) is 10.1 Å². The Morgan fingerprint density at radius 1 is 1.29 bits per heavy atom. The van der Waals surface area contributed by atoms with Gasteiger partial charge in [0.1, 0.15) is 5.76 Å². The SMILES string of the molecule is CCCNc1cc(NCc2ncc(C)o2)cc([N+](=O)[O-])c1. The summed E-state index contributed by atoms with van der Waals surface area (Å²) in [5.74, 6) is 1.28. The zero-order valence-corrected chi connectivity index (χ0v) is 12.0. The van der Waals surface area contributed by atoms with Crippen LogP contribution >= 0.6 is 0 Å². The van der Waals surface area contributed by atoms with Crippen LogP contribution in [0.4, 0.5) is 17.1 Å². The highest BCUT2D eigenvalue weighted by molar-refractivity contribution is 5.63. The number of hydrogen-bond donors (Lipinski definition) is 2. The maximum Gasteiger partial charge on any atom is 0.273 e. The van der Waals surface area contributed by atoms with Crippen LogP contribution in [0.25, 0.3) is 0 Å². The summed E-state index contributed by atoms with van der Waals surface area (Å²) in [6.45, 7) is 4.99. The van der Waals surface area contributed by atoms with Crippen molar-refractivity contribution >= 4 is 17.1 Å². The van der Waals surface area contributed by atoms with E-state index in [0.29, 0.717) is 18.1 Å². The van der Waals surface area contributed by atoms with Gasteiger partial charge in [-0.15, -0.1) is 0 Å². The summed E-state index contributed by atoms with van der Waals surface area (Å²) in [4.78, 5) is 14.7. The van der Waals surface area contributed by atoms with Crippen molar-refractivity contribution in [3.63, 3.8) is 0 Å². The molecule has 112 valence electrons. The van der Waals surface area contributed by atoms with Crippen LogP contribution in [0, 0.1) is 17.0 Å². The average molecular weight is 290 g/mol. The van der Waals surface area contributed by atoms with Gasteiger partial charge in [0.2, 0.25) is 5.89 Å². The molecule has 0 saturated carbocycles. The van der Waals surface area contributed by atoms with Gasteiger partial charge in [0.25, 0.3) is 5.69 Å². The third-order valence-electron chi connectivity index (χ3n) is 2.82. The lowest BCUT2D eigenvalue weighted by molar-refractivity contribution is -0.384. The molecule has 0 atom stereocenters. The Bertz CT molecular complexity index is 624. The van der Waals surface area contributed by atoms with E-state index in [2.05, 4.69) is 15.6 Å². The van der Waals surface area contributed by atoms with Crippen LogP contribution in [-0.4, -0.2) is 16.5 Å². The van der Waals surface area contributed by atoms with E-state index >= 15 is 0 Å². The third kappa shape index (κ3) is 4.20. The van der Waals surface area contributed by atoms with Gasteiger partial charge in [-0.2, -0.15) is 0 Å². The summed E-state index contributed by atoms with van der Waals surface area (Å²) in [6, 6.07) is 4.85. The van der Waals surface area contributed by atoms with Crippen molar-refractivity contribution in [3.8, 4) is 0 Å². The lowest BCUT2D eigenvalue weighted by Crippen LogP contribution is -2.04. The van der Waals surface area contributed by atoms with Gasteiger partial charge in [-0.25, -0.2) is 4.98 Å². The van der Waals surface area contributed by atoms with E-state index in [9.17, 15) is 10.1 Å². The minimum atomic E-state index is -0.405. The molecule has 2 N–H and O–H groups in total. The second-order valence-electron chi connectivity index (χ2n) is 4.67. The first-order valence-electron chi connectivity index (χ1n) is 6.77. The fourth-order valence-corrected chi connectivity index (χ4v) is 1.85. The number of hydrogen-bond acceptors (Lipinski definition) is 6. The maximum atomic E-state index is 11.0. The average Bonchev–Trinajstić information content (AvgIpc) is 2.88. The summed E-state index contributed by atoms with van der Waals surface area (Å²) in [5.41, 5.74) is 1.41. The minimum absolute atomic E-state index is 0.0437. The molecule has 0 fully saturated rings. The number of aryl methyl sites for hydroxylation is 1. The van der Waals surface area contributed by atoms with E-state index in [0.717, 1.165) is 24.4 Å². The molecule has 0 radical (unpaired) electrons. The standard InChI is InChI=1S/C14H18N4O3/c1-3-4-15-11-5-12(7-13(6-11)18(19)20)16-9-14-17-8-10(2)21-14/h5-8,15-16H,3-4,9H2,1-2H3. The molecule has 0 spiro atoms. The molecular formula is C14H18N4O3. The molecule has 0 aliphatic carbocycles. The quantitative estimate of drug-likeness (QED) is 0.600. The van der Waals surface area contributed by atoms with Crippen molar-refractivity contribution in [2.75, 3.05) is 17.2 Å². The minimum Gasteiger partial charge on any atom is -0.444 e. The van der Waals surface area contributed by atoms with Gasteiger partial charge < -0.3 is 15.1 Å². The molecule has 0 bridgehead atoms. The molecule has 0 aliphatic rings. The summed E-state index contributed by atoms with van der Waals surface area (Å²) in [6.07, 6.45) is 2.58. The van der Waals surface area contributed by atoms with Crippen molar-refractivity contribution in [1.29, 1.82) is 0 Å². The number of nitrogens with zero attached hydrogens (tertiary/aromatic N) is 2. The zero-order valence-electron chi connectivity index (χ0n) is 12.0. The largest absolute Gasteiger partial charge is 0.444 e. The molecule has 0 saturated heterocycles. The lowest BCUT2D eigenvalue weighted by Gasteiger charge is -2.09. The fourth-order valence-electron chi connectivity index (χ4n) is 1.85. The first-order chi connectivity index (χ1) is 10.1. The van der Waals surface area contributed by atoms with E-state index in [-0.39, 0.29) is 5.69 Å². The molecule has 1 heterocycles. The highest BCUT2D eigenvalue weighted by Gasteiger charge is 2.10. The molecule has 1 aromatic heterocycles. The first kappa shape index (κ1) is 14.8. The van der Waals surface area contributed by atoms with E-state index in [1.165, 1.54) is 12.1 Å². The van der Waals surface area contributed by atoms with Gasteiger partial charge >= 0.3 is 0 Å². The maximum absolute atomic E-state index is 11.0. The van der Waals surface area contributed by atoms with Crippen LogP contribution < -0.4 is 10.6 Å². The molecule has 0 unspecified atom stereocenters. The predicted octanol–water partition coefficient (Wildman–Crippen LogP) is 3.33. The van der Waals surface area contributed by atoms with E-state index in [4.69, 9.17) is 4.42 Å². The summed E-state index contributed by atoms with van der Waals surface area (Å²) in [5, 5.41) is 17.2. The first-order valence-corrected chi connectivity index (χ1v) is 6.77. The molecule has 2 rings (SSSR count). The number of rotatable bonds is 7. The third-order valence-corrected chi connectivity index (χ3v) is 2.82. The van der Waals surface area contributed by atoms with Crippen LogP contribution in [0.3, 0.4) is 0 Å². The Hall–Kier alpha value is -2.57. The Morgan fingerprint density at radius 2 is 2.00 bits per heavy atom. The van der Waals surface area contributed by atoms with E-state index in [1.54, 1.807) is 6.20 Å². The van der Waals surface area contributed by atoms with Crippen LogP contribution in [0.1, 0.15) is 25.0 Å². The fraction of sp³-hybridized carbons (Fsp3) is 0.357. The Labute approximate surface area is 122 Å². The van der Waals surface area contributed by atoms with Gasteiger partial charge in [0.05, 0.1) is 17.7 Å². The topological polar surface area (TPSA) is 93.2 Å². The van der Waals surface area contributed by atoms with E-state index in [1.807, 2.05) is 19.9 Å². The number of non-ortho nitro benzene ring substituents is 1. The highest BCUT2D eigenvalue weighted by Crippen LogP contribution is 2.24. The predicted molar refractivity (Wildman–Crippen MR) is 80.4 cm³/mol. The van der Waals surface area contributed by atoms with E-state index < -0.39 is 4.92 Å². The Balaban J connectivity index is 2.12. The number of nitro groups is 1. The van der Waals surface area contributed by atoms with Gasteiger partial charge in [0, 0.05) is 30.1 Å². The van der Waals surface area contributed by atoms with Crippen molar-refractivity contribution in [2.45, 2.75) is 26.8 Å². The van der Waals surface area contributed by atoms with Crippen LogP contribution in [-0.2, 0) is 6.54 Å². The van der Waals surface area contributed by atoms with Crippen molar-refractivity contribution in [1.82, 2.24) is 4.98 Å². The summed E-state index contributed by atoms with van der Waals surface area (Å²) < 4.78 is 5.35. The zero-order chi connectivity index (χ0) is 15.2. The molecule has 7 heteroatoms. The van der Waals surface area contributed by atoms with Gasteiger partial charge in [-0.1, -0.05) is 6.92 Å². The van der Waals surface area contributed by atoms with Crippen LogP contribution in [0.5, 0.6) is 0 Å². The monoisotopic (exact) mass is 290 g/mol. The van der Waals surface area contributed by atoms with Crippen LogP contribution in [0.15, 0.2) is 28.8 Å². The molecular weight excluding hydrogens is 272 g/mol. The number of benzene rings is 1. The Morgan fingerprint density at radius 3 is 2.57 bits per heavy atom. The number of anilines is 2. The molecule has 21 heavy (non-hydrogen) atoms. The second-order valence-corrected chi connectivity index (χ2v) is 4.67. The number of nitro benzene ring substituents is 1. The second kappa shape index (κ2) is 6.74. The van der Waals surface area contributed by atoms with Crippen molar-refractivity contribution in [2.24, 2.45) is 0 Å². The normalized spacial score (nSPS) is 10.4. The lowest BCUT2D eigenvalue weighted by atomic mass is 10.2. The molecule has 7 nitrogen and oxygen atoms in total. The summed E-state index contributed by atoms with van der Waals surface area (Å²) in [7, 11) is 0. The molecule has 2 aromatic rings. The Kier molecular flexibility index (Phi) is 4.76. The van der Waals surface area contributed by atoms with Crippen LogP contribution in [0.2, 0.25) is 0 Å². The number of nitrogens with one attached hydrogen (secondary N) is 2. The molecule has 0 aliphatic heterocycles. The van der Waals surface area contributed by atoms with Gasteiger partial charge in [0.15, 0.2) is 0 Å². The molecule has 0 amide bonds.